The van der Waals surface area contributed by atoms with E-state index in [2.05, 4.69) is 6.58 Å². The Morgan fingerprint density at radius 1 is 1.42 bits per heavy atom. The van der Waals surface area contributed by atoms with Crippen molar-refractivity contribution in [2.45, 2.75) is 45.8 Å². The first-order valence-electron chi connectivity index (χ1n) is 6.55. The summed E-state index contributed by atoms with van der Waals surface area (Å²) in [6.45, 7) is 11.3. The van der Waals surface area contributed by atoms with E-state index in [-0.39, 0.29) is 0 Å². The molecule has 1 rings (SSSR count). The Balaban J connectivity index is 3.75. The van der Waals surface area contributed by atoms with Gasteiger partial charge in [0.15, 0.2) is 0 Å². The molecule has 1 aliphatic carbocycles. The number of carboxylic acid groups (broad SMARTS) is 1. The number of likely N-dealkylation sites (N-methyl/N-ethyl adjacent to an activating group) is 1. The fourth-order valence-electron chi connectivity index (χ4n) is 3.58. The summed E-state index contributed by atoms with van der Waals surface area (Å²) >= 11 is 0. The molecule has 3 unspecified atom stereocenters. The molecule has 19 heavy (non-hydrogen) atoms. The fourth-order valence-corrected chi connectivity index (χ4v) is 3.58. The molecule has 0 aromatic heterocycles. The normalized spacial score (nSPS) is 36.0. The molecule has 0 aromatic carbocycles. The van der Waals surface area contributed by atoms with Crippen LogP contribution in [0.4, 0.5) is 0 Å². The van der Waals surface area contributed by atoms with Crippen LogP contribution in [0, 0.1) is 5.41 Å². The predicted octanol–water partition coefficient (Wildman–Crippen LogP) is 2.05. The van der Waals surface area contributed by atoms with Crippen LogP contribution in [-0.4, -0.2) is 46.8 Å². The number of hydrogen-bond donors (Lipinski definition) is 2. The molecule has 3 atom stereocenters. The van der Waals surface area contributed by atoms with E-state index in [1.165, 1.54) is 0 Å². The number of carbonyl (C=O) groups is 1. The van der Waals surface area contributed by atoms with Gasteiger partial charge in [-0.25, -0.2) is 0 Å². The first-order chi connectivity index (χ1) is 8.58. The van der Waals surface area contributed by atoms with Crippen LogP contribution in [-0.2, 0) is 4.79 Å². The lowest BCUT2D eigenvalue weighted by molar-refractivity contribution is -0.161. The van der Waals surface area contributed by atoms with E-state index in [0.29, 0.717) is 12.0 Å². The number of nitrogens with zero attached hydrogens (tertiary/aromatic N) is 1. The Labute approximate surface area is 115 Å². The van der Waals surface area contributed by atoms with E-state index in [1.54, 1.807) is 6.92 Å². The predicted molar refractivity (Wildman–Crippen MR) is 76.0 cm³/mol. The molecular weight excluding hydrogens is 242 g/mol. The van der Waals surface area contributed by atoms with Gasteiger partial charge in [0.2, 0.25) is 0 Å². The molecule has 0 aliphatic heterocycles. The zero-order chi connectivity index (χ0) is 15.2. The van der Waals surface area contributed by atoms with Crippen LogP contribution in [0.1, 0.15) is 34.1 Å². The van der Waals surface area contributed by atoms with Gasteiger partial charge in [-0.15, -0.1) is 0 Å². The van der Waals surface area contributed by atoms with E-state index >= 15 is 0 Å². The SMILES string of the molecule is C=C1C(C)=C(C)C(O)C(CC)(N(C)C)C1(C)C(=O)O. The van der Waals surface area contributed by atoms with Gasteiger partial charge in [0, 0.05) is 0 Å². The Hall–Kier alpha value is -1.13. The number of aliphatic carboxylic acids is 1. The van der Waals surface area contributed by atoms with Crippen LogP contribution in [0.15, 0.2) is 23.3 Å². The van der Waals surface area contributed by atoms with Crippen molar-refractivity contribution in [2.24, 2.45) is 5.41 Å². The molecule has 2 N–H and O–H groups in total. The van der Waals surface area contributed by atoms with Crippen molar-refractivity contribution in [3.8, 4) is 0 Å². The smallest absolute Gasteiger partial charge is 0.315 e. The zero-order valence-corrected chi connectivity index (χ0v) is 12.7. The summed E-state index contributed by atoms with van der Waals surface area (Å²) in [6, 6.07) is 0. The second kappa shape index (κ2) is 4.76. The molecular formula is C15H25NO3. The zero-order valence-electron chi connectivity index (χ0n) is 12.7. The van der Waals surface area contributed by atoms with Crippen molar-refractivity contribution < 1.29 is 15.0 Å². The van der Waals surface area contributed by atoms with Crippen molar-refractivity contribution in [3.63, 3.8) is 0 Å². The minimum atomic E-state index is -1.21. The summed E-state index contributed by atoms with van der Waals surface area (Å²) < 4.78 is 0. The average molecular weight is 267 g/mol. The Kier molecular flexibility index (Phi) is 3.99. The standard InChI is InChI=1S/C15H25NO3/c1-8-15(16(6)7)12(17)10(3)9(2)11(4)14(15,5)13(18)19/h12,17H,4,8H2,1-3,5-7H3,(H,18,19). The van der Waals surface area contributed by atoms with Crippen LogP contribution >= 0.6 is 0 Å². The maximum Gasteiger partial charge on any atom is 0.315 e. The quantitative estimate of drug-likeness (QED) is 0.821. The highest BCUT2D eigenvalue weighted by atomic mass is 16.4. The Morgan fingerprint density at radius 2 is 1.89 bits per heavy atom. The average Bonchev–Trinajstić information content (AvgIpc) is 2.34. The van der Waals surface area contributed by atoms with E-state index in [0.717, 1.165) is 11.1 Å². The third kappa shape index (κ3) is 1.70. The highest BCUT2D eigenvalue weighted by molar-refractivity contribution is 5.83. The van der Waals surface area contributed by atoms with E-state index in [1.807, 2.05) is 39.8 Å². The molecule has 1 aliphatic rings. The molecule has 0 aromatic rings. The van der Waals surface area contributed by atoms with Gasteiger partial charge in [0.25, 0.3) is 0 Å². The molecule has 0 saturated heterocycles. The van der Waals surface area contributed by atoms with Gasteiger partial charge in [-0.3, -0.25) is 9.69 Å². The molecule has 0 saturated carbocycles. The molecule has 0 radical (unpaired) electrons. The van der Waals surface area contributed by atoms with E-state index in [4.69, 9.17) is 0 Å². The maximum atomic E-state index is 11.9. The molecule has 0 bridgehead atoms. The van der Waals surface area contributed by atoms with Crippen LogP contribution in [0.5, 0.6) is 0 Å². The maximum absolute atomic E-state index is 11.9. The largest absolute Gasteiger partial charge is 0.481 e. The molecule has 0 amide bonds. The number of rotatable bonds is 3. The summed E-state index contributed by atoms with van der Waals surface area (Å²) in [7, 11) is 3.63. The van der Waals surface area contributed by atoms with E-state index < -0.39 is 23.0 Å². The van der Waals surface area contributed by atoms with Crippen molar-refractivity contribution >= 4 is 5.97 Å². The Morgan fingerprint density at radius 3 is 2.21 bits per heavy atom. The van der Waals surface area contributed by atoms with Gasteiger partial charge in [0.05, 0.1) is 11.6 Å². The Bertz CT molecular complexity index is 452. The first kappa shape index (κ1) is 15.9. The topological polar surface area (TPSA) is 60.8 Å². The third-order valence-electron chi connectivity index (χ3n) is 5.14. The van der Waals surface area contributed by atoms with Crippen molar-refractivity contribution in [1.82, 2.24) is 4.90 Å². The molecule has 0 heterocycles. The van der Waals surface area contributed by atoms with Gasteiger partial charge in [-0.2, -0.15) is 0 Å². The monoisotopic (exact) mass is 267 g/mol. The van der Waals surface area contributed by atoms with Crippen molar-refractivity contribution in [3.05, 3.63) is 23.3 Å². The van der Waals surface area contributed by atoms with Crippen LogP contribution < -0.4 is 0 Å². The number of hydrogen-bond acceptors (Lipinski definition) is 3. The summed E-state index contributed by atoms with van der Waals surface area (Å²) in [5.41, 5.74) is 0.0780. The lowest BCUT2D eigenvalue weighted by atomic mass is 9.55. The second-order valence-corrected chi connectivity index (χ2v) is 5.79. The lowest BCUT2D eigenvalue weighted by Crippen LogP contribution is -2.68. The van der Waals surface area contributed by atoms with Gasteiger partial charge in [0.1, 0.15) is 5.41 Å². The summed E-state index contributed by atoms with van der Waals surface area (Å²) in [6.07, 6.45) is -0.299. The van der Waals surface area contributed by atoms with Gasteiger partial charge < -0.3 is 10.2 Å². The van der Waals surface area contributed by atoms with Crippen molar-refractivity contribution in [2.75, 3.05) is 14.1 Å². The fraction of sp³-hybridized carbons (Fsp3) is 0.667. The van der Waals surface area contributed by atoms with E-state index in [9.17, 15) is 15.0 Å². The lowest BCUT2D eigenvalue weighted by Gasteiger charge is -2.56. The highest BCUT2D eigenvalue weighted by Crippen LogP contribution is 2.53. The second-order valence-electron chi connectivity index (χ2n) is 5.79. The van der Waals surface area contributed by atoms with Crippen molar-refractivity contribution in [1.29, 1.82) is 0 Å². The van der Waals surface area contributed by atoms with Gasteiger partial charge in [-0.1, -0.05) is 13.5 Å². The number of aliphatic hydroxyl groups is 1. The minimum absolute atomic E-state index is 0.521. The third-order valence-corrected chi connectivity index (χ3v) is 5.14. The van der Waals surface area contributed by atoms with Crippen LogP contribution in [0.2, 0.25) is 0 Å². The number of aliphatic hydroxyl groups excluding tert-OH is 1. The summed E-state index contributed by atoms with van der Waals surface area (Å²) in [4.78, 5) is 13.8. The van der Waals surface area contributed by atoms with Gasteiger partial charge in [-0.05, 0) is 58.0 Å². The molecule has 4 heteroatoms. The summed E-state index contributed by atoms with van der Waals surface area (Å²) in [5.74, 6) is -0.945. The molecule has 108 valence electrons. The molecule has 0 spiro atoms. The minimum Gasteiger partial charge on any atom is -0.481 e. The highest BCUT2D eigenvalue weighted by Gasteiger charge is 2.62. The number of carboxylic acids is 1. The van der Waals surface area contributed by atoms with Crippen LogP contribution in [0.3, 0.4) is 0 Å². The van der Waals surface area contributed by atoms with Gasteiger partial charge >= 0.3 is 5.97 Å². The summed E-state index contributed by atoms with van der Waals surface area (Å²) in [5, 5.41) is 20.5. The molecule has 4 nitrogen and oxygen atoms in total. The van der Waals surface area contributed by atoms with Crippen LogP contribution in [0.25, 0.3) is 0 Å². The number of allylic oxidation sites excluding steroid dienone is 1. The molecule has 0 fully saturated rings. The first-order valence-corrected chi connectivity index (χ1v) is 6.55.